The van der Waals surface area contributed by atoms with Crippen molar-refractivity contribution in [3.05, 3.63) is 96.1 Å². The second kappa shape index (κ2) is 41.8. The Kier molecular flexibility index (Phi) is 33.9. The van der Waals surface area contributed by atoms with Crippen LogP contribution < -0.4 is 20.1 Å². The van der Waals surface area contributed by atoms with Gasteiger partial charge in [-0.15, -0.1) is 0 Å². The predicted octanol–water partition coefficient (Wildman–Crippen LogP) is 7.71. The lowest BCUT2D eigenvalue weighted by Crippen LogP contribution is -2.72. The molecule has 0 radical (unpaired) electrons. The maximum atomic E-state index is 15.1. The summed E-state index contributed by atoms with van der Waals surface area (Å²) in [6, 6.07) is 16.7. The number of alkyl halides is 9. The minimum absolute atomic E-state index is 0.0690. The van der Waals surface area contributed by atoms with Gasteiger partial charge in [0.05, 0.1) is 19.3 Å². The van der Waals surface area contributed by atoms with Crippen LogP contribution in [0.15, 0.2) is 84.9 Å². The van der Waals surface area contributed by atoms with Gasteiger partial charge in [-0.2, -0.15) is 0 Å². The number of rotatable bonds is 28. The molecule has 0 aromatic heterocycles. The molecule has 5 aliphatic rings. The molecule has 2 amide bonds. The highest BCUT2D eigenvalue weighted by molar-refractivity contribution is 6.68. The van der Waals surface area contributed by atoms with Gasteiger partial charge in [0.25, 0.3) is 0 Å². The van der Waals surface area contributed by atoms with E-state index in [4.69, 9.17) is 213 Å². The van der Waals surface area contributed by atoms with Crippen molar-refractivity contribution in [2.24, 2.45) is 0 Å². The van der Waals surface area contributed by atoms with E-state index in [1.54, 1.807) is 36.4 Å². The number of benzene rings is 3. The maximum Gasteiger partial charge on any atom is 0.508 e. The van der Waals surface area contributed by atoms with E-state index in [1.807, 2.05) is 0 Å². The van der Waals surface area contributed by atoms with E-state index in [0.29, 0.717) is 11.3 Å². The summed E-state index contributed by atoms with van der Waals surface area (Å²) in [5, 5.41) is 4.94. The molecule has 3 aromatic carbocycles. The van der Waals surface area contributed by atoms with Crippen LogP contribution in [-0.2, 0) is 133 Å². The molecule has 36 nitrogen and oxygen atoms in total. The zero-order valence-electron chi connectivity index (χ0n) is 60.4. The van der Waals surface area contributed by atoms with Crippen molar-refractivity contribution < 1.29 is 162 Å². The number of methoxy groups -OCH3 is 1. The Morgan fingerprint density at radius 3 is 1.32 bits per heavy atom. The second-order valence-corrected chi connectivity index (χ2v) is 32.4. The lowest BCUT2D eigenvalue weighted by atomic mass is 9.93. The Hall–Kier alpha value is -6.92. The van der Waals surface area contributed by atoms with Gasteiger partial charge in [0.15, 0.2) is 61.8 Å². The summed E-state index contributed by atoms with van der Waals surface area (Å²) >= 11 is 54.6. The number of carbonyl (C=O) groups excluding carboxylic acids is 11. The van der Waals surface area contributed by atoms with E-state index in [1.165, 1.54) is 55.6 Å². The van der Waals surface area contributed by atoms with Crippen molar-refractivity contribution in [1.82, 2.24) is 10.6 Å². The van der Waals surface area contributed by atoms with Crippen LogP contribution in [0.3, 0.4) is 0 Å². The molecule has 5 saturated heterocycles. The van der Waals surface area contributed by atoms with Gasteiger partial charge in [-0.3, -0.25) is 33.6 Å². The minimum atomic E-state index is -2.44. The smallest absolute Gasteiger partial charge is 0.497 e. The van der Waals surface area contributed by atoms with Crippen molar-refractivity contribution in [3.8, 4) is 11.5 Å². The second-order valence-electron chi connectivity index (χ2n) is 24.8. The number of ether oxygens (including phenoxy) is 23. The summed E-state index contributed by atoms with van der Waals surface area (Å²) in [5.41, 5.74) is 0.241. The molecule has 5 aliphatic heterocycles. The number of fused-ring (bicyclic) bond motifs is 1. The number of amides is 2. The van der Waals surface area contributed by atoms with E-state index >= 15 is 4.79 Å². The van der Waals surface area contributed by atoms with Crippen LogP contribution in [0.25, 0.3) is 0 Å². The fraction of sp³-hybridized carbons (Fsp3) is 0.574. The number of carbonyl (C=O) groups is 11. The Labute approximate surface area is 688 Å². The third kappa shape index (κ3) is 28.2. The molecule has 0 bridgehead atoms. The van der Waals surface area contributed by atoms with E-state index < -0.39 is 253 Å². The third-order valence-corrected chi connectivity index (χ3v) is 17.1. The lowest BCUT2D eigenvalue weighted by molar-refractivity contribution is -0.385. The van der Waals surface area contributed by atoms with E-state index in [-0.39, 0.29) is 11.3 Å². The van der Waals surface area contributed by atoms with Crippen molar-refractivity contribution >= 4 is 171 Å². The number of hydrogen-bond donors (Lipinski definition) is 2. The first-order chi connectivity index (χ1) is 53.2. The molecule has 0 spiro atoms. The third-order valence-electron chi connectivity index (χ3n) is 16.1. The molecule has 2 N–H and O–H groups in total. The number of halogens is 9. The number of alkyl carbamates (subject to hydrolysis) is 2. The van der Waals surface area contributed by atoms with Crippen molar-refractivity contribution in [2.45, 2.75) is 189 Å². The maximum absolute atomic E-state index is 15.1. The van der Waals surface area contributed by atoms with Crippen molar-refractivity contribution in [1.29, 1.82) is 0 Å². The summed E-state index contributed by atoms with van der Waals surface area (Å²) in [6.07, 6.45) is -42.9. The molecule has 3 aromatic rings. The highest BCUT2D eigenvalue weighted by Gasteiger charge is 2.62. The summed E-state index contributed by atoms with van der Waals surface area (Å²) in [7, 11) is 1.37. The average molecular weight is 1780 g/mol. The Morgan fingerprint density at radius 2 is 0.814 bits per heavy atom. The van der Waals surface area contributed by atoms with Crippen LogP contribution in [0, 0.1) is 0 Å². The van der Waals surface area contributed by atoms with Crippen molar-refractivity contribution in [3.63, 3.8) is 0 Å². The van der Waals surface area contributed by atoms with Gasteiger partial charge in [0.2, 0.25) is 17.7 Å². The lowest BCUT2D eigenvalue weighted by Gasteiger charge is -2.52. The van der Waals surface area contributed by atoms with Gasteiger partial charge in [-0.25, -0.2) is 19.2 Å². The van der Waals surface area contributed by atoms with Gasteiger partial charge >= 0.3 is 66.1 Å². The number of hydrogen-bond acceptors (Lipinski definition) is 34. The first-order valence-electron chi connectivity index (χ1n) is 33.7. The van der Waals surface area contributed by atoms with Gasteiger partial charge in [0.1, 0.15) is 112 Å². The zero-order chi connectivity index (χ0) is 82.8. The summed E-state index contributed by atoms with van der Waals surface area (Å²) < 4.78 is 133. The van der Waals surface area contributed by atoms with Crippen LogP contribution in [-0.4, -0.2) is 254 Å². The van der Waals surface area contributed by atoms with Crippen LogP contribution in [0.5, 0.6) is 11.5 Å². The van der Waals surface area contributed by atoms with Gasteiger partial charge in [-0.1, -0.05) is 153 Å². The van der Waals surface area contributed by atoms with E-state index in [9.17, 15) is 47.9 Å². The molecule has 5 heterocycles. The fourth-order valence-corrected chi connectivity index (χ4v) is 12.3. The number of esters is 8. The highest BCUT2D eigenvalue weighted by Crippen LogP contribution is 2.43. The Balaban J connectivity index is 1.41. The molecule has 5 fully saturated rings. The minimum Gasteiger partial charge on any atom is -0.497 e. The molecular weight excluding hydrogens is 1710 g/mol. The molecule has 0 saturated carbocycles. The molecule has 624 valence electrons. The normalized spacial score (nSPS) is 28.9. The predicted molar refractivity (Wildman–Crippen MR) is 384 cm³/mol. The average Bonchev–Trinajstić information content (AvgIpc) is 0.755. The highest BCUT2D eigenvalue weighted by atomic mass is 35.6. The summed E-state index contributed by atoms with van der Waals surface area (Å²) in [6.45, 7) is 0.313. The SMILES string of the molecule is COc1ccc(O[C@@H]2O[C@H](COC(C)=O)[C@H](O[C@@H]3O[C@H](COC(C)=O)[C@H](OC(C)=O)[C@H](O[C@@H]4O[C@H](COC(C)=O)[C@H](OC(C)=O)[C@H](OC(C)=O)[C@H]4OC(C)=O)[C@H]3NC(=O)OCC(Cl)(Cl)Cl)[C@H](O[C@@H]3O[C@@H]4CO[C@@H](c5ccccc5)O[C@H]4[C@H](OC(=O)OCC(Cl)(Cl)Cl)[C@H]3NC(=O)OCC(Cl)(Cl)Cl)[C@H]2OC(=O)c2ccccc2)cc1. The number of nitrogens with one attached hydrogen (secondary N) is 2. The Bertz CT molecular complexity index is 3750. The molecule has 21 atom stereocenters. The monoisotopic (exact) mass is 1780 g/mol. The first kappa shape index (κ1) is 91.6. The molecule has 0 unspecified atom stereocenters. The van der Waals surface area contributed by atoms with Crippen LogP contribution in [0.4, 0.5) is 14.4 Å². The molecular formula is C68H75Cl9N2O34. The fourth-order valence-electron chi connectivity index (χ4n) is 11.8. The van der Waals surface area contributed by atoms with Gasteiger partial charge < -0.3 is 120 Å². The first-order valence-corrected chi connectivity index (χ1v) is 37.1. The zero-order valence-corrected chi connectivity index (χ0v) is 67.2. The molecule has 45 heteroatoms. The van der Waals surface area contributed by atoms with Crippen LogP contribution in [0.2, 0.25) is 0 Å². The topological polar surface area (TPSA) is 424 Å². The van der Waals surface area contributed by atoms with Crippen LogP contribution >= 0.6 is 104 Å². The van der Waals surface area contributed by atoms with Gasteiger partial charge in [0, 0.05) is 54.0 Å². The van der Waals surface area contributed by atoms with Gasteiger partial charge in [-0.05, 0) is 36.4 Å². The largest absolute Gasteiger partial charge is 0.508 e. The van der Waals surface area contributed by atoms with Crippen LogP contribution in [0.1, 0.15) is 70.7 Å². The summed E-state index contributed by atoms with van der Waals surface area (Å²) in [4.78, 5) is 150. The standard InChI is InChI=1S/C68H75Cl9N2O34/c1-30(80)92-23-41-47(99-33(4)83)51(111-62-55(102-36(7)86)53(101-35(6)85)49(100-34(5)84)42(107-62)24-93-31(2)81)45(78-63(88)96-27-66(69,70)71)59(104-41)110-50-43(25-94-32(3)82)106-61(103-40-21-19-39(91-8)20-22-40)56(108-57(87)37-15-11-9-12-16-37)54(50)112-60-46(79-64(89)97-28-67(72,73)74)52(113-65(90)98-29-68(75,76)77)48-44(105-60)26-95-58(109-48)38-17-13-10-14-18-38/h9-22,41-56,58-62H,23-29H2,1-8H3,(H,78,88)(H,79,89)/t41-,42-,43-,44-,45-,46-,47+,48-,49+,50+,51-,52-,53+,54+,55-,56-,58-,59+,60+,61-,62+/m1/s1. The Morgan fingerprint density at radius 1 is 0.398 bits per heavy atom. The van der Waals surface area contributed by atoms with E-state index in [2.05, 4.69) is 10.6 Å². The van der Waals surface area contributed by atoms with E-state index in [0.717, 1.165) is 48.5 Å². The molecule has 113 heavy (non-hydrogen) atoms. The quantitative estimate of drug-likeness (QED) is 0.0399. The molecule has 0 aliphatic carbocycles. The van der Waals surface area contributed by atoms with Crippen molar-refractivity contribution in [2.75, 3.05) is 53.4 Å². The summed E-state index contributed by atoms with van der Waals surface area (Å²) in [5.74, 6) is -8.37. The molecule has 8 rings (SSSR count).